The van der Waals surface area contributed by atoms with E-state index < -0.39 is 0 Å². The Labute approximate surface area is 316 Å². The van der Waals surface area contributed by atoms with Crippen LogP contribution in [0, 0.1) is 0 Å². The Morgan fingerprint density at radius 1 is 0.400 bits per heavy atom. The SMILES string of the molecule is CC1(C)c2cc(-c3nc(-c4cccc(-c5ccccc5)c4)nc(-c4cccc5c4oc4ccccc45)n3)ccc2-c2cc3nc(-c4ccccc4)oc3cc21. The molecule has 3 aromatic heterocycles. The van der Waals surface area contributed by atoms with E-state index in [9.17, 15) is 0 Å². The van der Waals surface area contributed by atoms with Gasteiger partial charge in [0, 0.05) is 32.9 Å². The third-order valence-electron chi connectivity index (χ3n) is 11.0. The van der Waals surface area contributed by atoms with Crippen molar-refractivity contribution in [3.05, 3.63) is 169 Å². The Balaban J connectivity index is 1.07. The molecule has 6 heteroatoms. The van der Waals surface area contributed by atoms with Crippen LogP contribution in [-0.4, -0.2) is 19.9 Å². The summed E-state index contributed by atoms with van der Waals surface area (Å²) in [7, 11) is 0. The molecule has 260 valence electrons. The lowest BCUT2D eigenvalue weighted by atomic mass is 9.82. The number of fused-ring (bicyclic) bond motifs is 7. The van der Waals surface area contributed by atoms with Crippen LogP contribution in [0.25, 0.3) is 101 Å². The quantitative estimate of drug-likeness (QED) is 0.177. The van der Waals surface area contributed by atoms with E-state index in [1.807, 2.05) is 66.7 Å². The fourth-order valence-corrected chi connectivity index (χ4v) is 8.14. The maximum atomic E-state index is 6.47. The van der Waals surface area contributed by atoms with Gasteiger partial charge in [-0.1, -0.05) is 123 Å². The Morgan fingerprint density at radius 3 is 1.85 bits per heavy atom. The molecule has 10 aromatic rings. The van der Waals surface area contributed by atoms with Crippen LogP contribution in [-0.2, 0) is 5.41 Å². The van der Waals surface area contributed by atoms with Gasteiger partial charge in [-0.2, -0.15) is 0 Å². The summed E-state index contributed by atoms with van der Waals surface area (Å²) < 4.78 is 12.8. The summed E-state index contributed by atoms with van der Waals surface area (Å²) >= 11 is 0. The predicted molar refractivity (Wildman–Crippen MR) is 219 cm³/mol. The number of hydrogen-bond acceptors (Lipinski definition) is 6. The Kier molecular flexibility index (Phi) is 6.79. The lowest BCUT2D eigenvalue weighted by molar-refractivity contribution is 0.614. The highest BCUT2D eigenvalue weighted by atomic mass is 16.3. The Morgan fingerprint density at radius 2 is 1.04 bits per heavy atom. The van der Waals surface area contributed by atoms with Crippen LogP contribution < -0.4 is 0 Å². The summed E-state index contributed by atoms with van der Waals surface area (Å²) in [5.74, 6) is 2.37. The zero-order chi connectivity index (χ0) is 36.7. The summed E-state index contributed by atoms with van der Waals surface area (Å²) in [4.78, 5) is 20.4. The zero-order valence-electron chi connectivity index (χ0n) is 30.1. The lowest BCUT2D eigenvalue weighted by Crippen LogP contribution is -2.15. The second-order valence-corrected chi connectivity index (χ2v) is 14.7. The summed E-state index contributed by atoms with van der Waals surface area (Å²) in [5, 5.41) is 2.08. The first-order chi connectivity index (χ1) is 27.0. The molecule has 0 N–H and O–H groups in total. The van der Waals surface area contributed by atoms with Gasteiger partial charge in [0.1, 0.15) is 16.7 Å². The number of benzene rings is 7. The van der Waals surface area contributed by atoms with Gasteiger partial charge in [0.2, 0.25) is 5.89 Å². The molecule has 1 aliphatic carbocycles. The molecule has 0 spiro atoms. The van der Waals surface area contributed by atoms with Crippen LogP contribution in [0.3, 0.4) is 0 Å². The lowest BCUT2D eigenvalue weighted by Gasteiger charge is -2.21. The average Bonchev–Trinajstić information content (AvgIpc) is 3.90. The molecule has 3 heterocycles. The van der Waals surface area contributed by atoms with Gasteiger partial charge in [-0.15, -0.1) is 0 Å². The molecule has 0 radical (unpaired) electrons. The van der Waals surface area contributed by atoms with E-state index >= 15 is 0 Å². The second kappa shape index (κ2) is 11.9. The summed E-state index contributed by atoms with van der Waals surface area (Å²) in [6, 6.07) is 54.0. The number of oxazole rings is 1. The molecule has 0 aliphatic heterocycles. The Bertz CT molecular complexity index is 3120. The molecule has 0 saturated heterocycles. The van der Waals surface area contributed by atoms with Gasteiger partial charge in [-0.05, 0) is 81.9 Å². The van der Waals surface area contributed by atoms with Crippen molar-refractivity contribution in [2.24, 2.45) is 0 Å². The maximum absolute atomic E-state index is 6.47. The number of nitrogens with zero attached hydrogens (tertiary/aromatic N) is 4. The van der Waals surface area contributed by atoms with Crippen LogP contribution in [0.5, 0.6) is 0 Å². The molecule has 0 saturated carbocycles. The topological polar surface area (TPSA) is 77.8 Å². The molecule has 1 aliphatic rings. The highest BCUT2D eigenvalue weighted by Gasteiger charge is 2.37. The molecule has 0 atom stereocenters. The van der Waals surface area contributed by atoms with Gasteiger partial charge in [0.05, 0.1) is 5.56 Å². The fourth-order valence-electron chi connectivity index (χ4n) is 8.14. The first-order valence-electron chi connectivity index (χ1n) is 18.5. The number of para-hydroxylation sites is 2. The van der Waals surface area contributed by atoms with Crippen LogP contribution in [0.4, 0.5) is 0 Å². The molecule has 0 bridgehead atoms. The first-order valence-corrected chi connectivity index (χ1v) is 18.5. The van der Waals surface area contributed by atoms with Crippen molar-refractivity contribution in [2.75, 3.05) is 0 Å². The number of furan rings is 1. The van der Waals surface area contributed by atoms with Crippen LogP contribution >= 0.6 is 0 Å². The van der Waals surface area contributed by atoms with E-state index in [2.05, 4.69) is 105 Å². The number of rotatable bonds is 5. The van der Waals surface area contributed by atoms with Crippen LogP contribution in [0.2, 0.25) is 0 Å². The van der Waals surface area contributed by atoms with Crippen molar-refractivity contribution in [3.63, 3.8) is 0 Å². The number of hydrogen-bond donors (Lipinski definition) is 0. The highest BCUT2D eigenvalue weighted by molar-refractivity contribution is 6.09. The maximum Gasteiger partial charge on any atom is 0.227 e. The Hall–Kier alpha value is -7.18. The van der Waals surface area contributed by atoms with Crippen molar-refractivity contribution >= 4 is 33.0 Å². The summed E-state index contributed by atoms with van der Waals surface area (Å²) in [6.07, 6.45) is 0. The standard InChI is InChI=1S/C49H32N4O2/c1-49(2)39-26-33(23-24-34(39)38-27-41-43(28-40(38)49)55-48(50-41)30-15-7-4-8-16-30)46-51-45(32-18-11-17-31(25-32)29-13-5-3-6-14-29)52-47(53-46)37-21-12-20-36-35-19-9-10-22-42(35)54-44(36)37/h3-28H,1-2H3. The van der Waals surface area contributed by atoms with E-state index in [1.165, 1.54) is 22.3 Å². The third kappa shape index (κ3) is 5.02. The molecular formula is C49H32N4O2. The molecule has 55 heavy (non-hydrogen) atoms. The van der Waals surface area contributed by atoms with E-state index in [-0.39, 0.29) is 5.41 Å². The van der Waals surface area contributed by atoms with Crippen molar-refractivity contribution in [1.82, 2.24) is 19.9 Å². The normalized spacial score (nSPS) is 13.1. The largest absolute Gasteiger partial charge is 0.455 e. The van der Waals surface area contributed by atoms with Gasteiger partial charge in [-0.25, -0.2) is 19.9 Å². The summed E-state index contributed by atoms with van der Waals surface area (Å²) in [5.41, 5.74) is 13.4. The van der Waals surface area contributed by atoms with Crippen LogP contribution in [0.15, 0.2) is 167 Å². The van der Waals surface area contributed by atoms with Crippen LogP contribution in [0.1, 0.15) is 25.0 Å². The van der Waals surface area contributed by atoms with Crippen molar-refractivity contribution in [3.8, 4) is 67.9 Å². The molecule has 0 amide bonds. The highest BCUT2D eigenvalue weighted by Crippen LogP contribution is 2.51. The molecule has 7 aromatic carbocycles. The van der Waals surface area contributed by atoms with Crippen molar-refractivity contribution in [1.29, 1.82) is 0 Å². The van der Waals surface area contributed by atoms with Gasteiger partial charge in [0.15, 0.2) is 23.1 Å². The van der Waals surface area contributed by atoms with Gasteiger partial charge >= 0.3 is 0 Å². The van der Waals surface area contributed by atoms with Crippen molar-refractivity contribution in [2.45, 2.75) is 19.3 Å². The van der Waals surface area contributed by atoms with E-state index in [1.54, 1.807) is 0 Å². The molecule has 11 rings (SSSR count). The molecule has 0 fully saturated rings. The zero-order valence-corrected chi connectivity index (χ0v) is 30.1. The van der Waals surface area contributed by atoms with Gasteiger partial charge in [0.25, 0.3) is 0 Å². The number of aromatic nitrogens is 4. The minimum Gasteiger partial charge on any atom is -0.455 e. The van der Waals surface area contributed by atoms with E-state index in [4.69, 9.17) is 28.8 Å². The minimum atomic E-state index is -0.308. The van der Waals surface area contributed by atoms with E-state index in [0.717, 1.165) is 66.4 Å². The minimum absolute atomic E-state index is 0.308. The second-order valence-electron chi connectivity index (χ2n) is 14.7. The first kappa shape index (κ1) is 31.4. The molecule has 0 unspecified atom stereocenters. The van der Waals surface area contributed by atoms with Crippen molar-refractivity contribution < 1.29 is 8.83 Å². The fraction of sp³-hybridized carbons (Fsp3) is 0.0612. The van der Waals surface area contributed by atoms with E-state index in [0.29, 0.717) is 23.4 Å². The van der Waals surface area contributed by atoms with Gasteiger partial charge < -0.3 is 8.83 Å². The molecule has 6 nitrogen and oxygen atoms in total. The monoisotopic (exact) mass is 708 g/mol. The van der Waals surface area contributed by atoms with Gasteiger partial charge in [-0.3, -0.25) is 0 Å². The smallest absolute Gasteiger partial charge is 0.227 e. The molecular weight excluding hydrogens is 677 g/mol. The average molecular weight is 709 g/mol. The summed E-state index contributed by atoms with van der Waals surface area (Å²) in [6.45, 7) is 4.53. The predicted octanol–water partition coefficient (Wildman–Crippen LogP) is 12.6. The third-order valence-corrected chi connectivity index (χ3v) is 11.0.